The van der Waals surface area contributed by atoms with Crippen molar-refractivity contribution >= 4 is 33.2 Å². The molecule has 216 valence electrons. The second-order valence-corrected chi connectivity index (χ2v) is 13.3. The summed E-state index contributed by atoms with van der Waals surface area (Å²) in [7, 11) is 0. The number of benzene rings is 3. The molecule has 44 heavy (non-hydrogen) atoms. The van der Waals surface area contributed by atoms with Gasteiger partial charge in [0.2, 0.25) is 0 Å². The number of hydrogen-bond donors (Lipinski definition) is 2. The van der Waals surface area contributed by atoms with Crippen molar-refractivity contribution in [1.29, 1.82) is 10.8 Å². The number of nitrogens with one attached hydrogen (secondary N) is 2. The van der Waals surface area contributed by atoms with Gasteiger partial charge in [-0.1, -0.05) is 105 Å². The van der Waals surface area contributed by atoms with E-state index in [9.17, 15) is 0 Å². The summed E-state index contributed by atoms with van der Waals surface area (Å²) in [6, 6.07) is 37.7. The first-order valence-electron chi connectivity index (χ1n) is 14.1. The molecule has 0 aliphatic carbocycles. The Morgan fingerprint density at radius 2 is 1.18 bits per heavy atom. The molecule has 0 bridgehead atoms. The molecule has 0 radical (unpaired) electrons. The molecule has 6 rings (SSSR count). The van der Waals surface area contributed by atoms with Gasteiger partial charge in [-0.3, -0.25) is 10.8 Å². The molecule has 6 nitrogen and oxygen atoms in total. The van der Waals surface area contributed by atoms with Gasteiger partial charge in [0.15, 0.2) is 5.01 Å². The monoisotopic (exact) mass is 610 g/mol. The van der Waals surface area contributed by atoms with E-state index in [0.29, 0.717) is 5.69 Å². The summed E-state index contributed by atoms with van der Waals surface area (Å²) in [5.41, 5.74) is 7.55. The molecule has 0 aliphatic rings. The van der Waals surface area contributed by atoms with Crippen molar-refractivity contribution in [2.45, 2.75) is 26.2 Å². The molecule has 0 amide bonds. The van der Waals surface area contributed by atoms with E-state index in [-0.39, 0.29) is 15.5 Å². The van der Waals surface area contributed by atoms with Crippen LogP contribution in [-0.2, 0) is 5.41 Å². The van der Waals surface area contributed by atoms with E-state index in [0.717, 1.165) is 66.7 Å². The Hall–Kier alpha value is -4.79. The van der Waals surface area contributed by atoms with E-state index in [2.05, 4.69) is 37.0 Å². The molecule has 0 saturated carbocycles. The molecule has 0 aliphatic heterocycles. The minimum absolute atomic E-state index is 0.159. The van der Waals surface area contributed by atoms with Crippen LogP contribution in [0, 0.1) is 10.8 Å². The second-order valence-electron chi connectivity index (χ2n) is 11.3. The standard InChI is InChI=1S/C36H30N6S2/c1-36(2,3)27-21-25(32(37)43-33(38)30-18-10-16-28(39-30)23-12-6-4-7-13-23)20-26(22-27)34-41-42-35(44-34)31-19-11-17-29(40-31)24-14-8-5-9-15-24/h4-22,37-38H,1-3H3. The third-order valence-corrected chi connectivity index (χ3v) is 8.87. The van der Waals surface area contributed by atoms with Crippen molar-refractivity contribution < 1.29 is 0 Å². The van der Waals surface area contributed by atoms with Crippen molar-refractivity contribution in [1.82, 2.24) is 20.2 Å². The fourth-order valence-corrected chi connectivity index (χ4v) is 6.08. The summed E-state index contributed by atoms with van der Waals surface area (Å²) < 4.78 is 0. The number of rotatable bonds is 6. The predicted octanol–water partition coefficient (Wildman–Crippen LogP) is 9.38. The topological polar surface area (TPSA) is 99.3 Å². The van der Waals surface area contributed by atoms with E-state index in [1.165, 1.54) is 11.3 Å². The molecule has 3 heterocycles. The molecule has 2 N–H and O–H groups in total. The highest BCUT2D eigenvalue weighted by Gasteiger charge is 2.20. The quantitative estimate of drug-likeness (QED) is 0.145. The second kappa shape index (κ2) is 12.4. The molecular weight excluding hydrogens is 581 g/mol. The molecule has 0 fully saturated rings. The Morgan fingerprint density at radius 3 is 1.84 bits per heavy atom. The number of nitrogens with zero attached hydrogens (tertiary/aromatic N) is 4. The SMILES string of the molecule is CC(C)(C)c1cc(C(=N)SC(=N)c2cccc(-c3ccccc3)n2)cc(-c2nnc(-c3cccc(-c4ccccc4)n3)s2)c1. The number of pyridine rings is 2. The van der Waals surface area contributed by atoms with E-state index in [1.54, 1.807) is 0 Å². The van der Waals surface area contributed by atoms with Crippen LogP contribution in [0.25, 0.3) is 43.8 Å². The Kier molecular flexibility index (Phi) is 8.28. The van der Waals surface area contributed by atoms with Crippen LogP contribution in [0.15, 0.2) is 115 Å². The van der Waals surface area contributed by atoms with Crippen LogP contribution in [-0.4, -0.2) is 30.3 Å². The van der Waals surface area contributed by atoms with Gasteiger partial charge in [0.1, 0.15) is 20.8 Å². The molecular formula is C36H30N6S2. The Morgan fingerprint density at radius 1 is 0.591 bits per heavy atom. The minimum Gasteiger partial charge on any atom is -0.293 e. The highest BCUT2D eigenvalue weighted by atomic mass is 32.2. The van der Waals surface area contributed by atoms with Gasteiger partial charge in [0.05, 0.1) is 17.1 Å². The van der Waals surface area contributed by atoms with Gasteiger partial charge < -0.3 is 0 Å². The third kappa shape index (κ3) is 6.56. The van der Waals surface area contributed by atoms with Gasteiger partial charge in [0, 0.05) is 22.3 Å². The zero-order chi connectivity index (χ0) is 30.7. The summed E-state index contributed by atoms with van der Waals surface area (Å²) in [5.74, 6) is 0. The Labute approximate surface area is 265 Å². The van der Waals surface area contributed by atoms with Crippen LogP contribution in [0.3, 0.4) is 0 Å². The highest BCUT2D eigenvalue weighted by molar-refractivity contribution is 8.27. The molecule has 3 aromatic carbocycles. The minimum atomic E-state index is -0.159. The first kappa shape index (κ1) is 29.3. The van der Waals surface area contributed by atoms with Crippen molar-refractivity contribution in [3.63, 3.8) is 0 Å². The zero-order valence-corrected chi connectivity index (χ0v) is 26.2. The van der Waals surface area contributed by atoms with Crippen LogP contribution >= 0.6 is 23.1 Å². The largest absolute Gasteiger partial charge is 0.293 e. The summed E-state index contributed by atoms with van der Waals surface area (Å²) >= 11 is 2.57. The average Bonchev–Trinajstić information content (AvgIpc) is 3.56. The van der Waals surface area contributed by atoms with Crippen LogP contribution in [0.1, 0.15) is 37.6 Å². The molecule has 0 unspecified atom stereocenters. The summed E-state index contributed by atoms with van der Waals surface area (Å²) in [5, 5.41) is 28.8. The van der Waals surface area contributed by atoms with E-state index >= 15 is 0 Å². The lowest BCUT2D eigenvalue weighted by molar-refractivity contribution is 0.590. The third-order valence-electron chi connectivity index (χ3n) is 7.03. The van der Waals surface area contributed by atoms with Gasteiger partial charge in [-0.05, 0) is 65.2 Å². The van der Waals surface area contributed by atoms with Crippen LogP contribution in [0.5, 0.6) is 0 Å². The van der Waals surface area contributed by atoms with Crippen molar-refractivity contribution in [2.24, 2.45) is 0 Å². The number of hydrogen-bond acceptors (Lipinski definition) is 8. The average molecular weight is 611 g/mol. The maximum Gasteiger partial charge on any atom is 0.166 e. The summed E-state index contributed by atoms with van der Waals surface area (Å²) in [6.45, 7) is 6.45. The highest BCUT2D eigenvalue weighted by Crippen LogP contribution is 2.35. The van der Waals surface area contributed by atoms with Crippen LogP contribution in [0.4, 0.5) is 0 Å². The molecule has 8 heteroatoms. The van der Waals surface area contributed by atoms with Crippen molar-refractivity contribution in [2.75, 3.05) is 0 Å². The van der Waals surface area contributed by atoms with Gasteiger partial charge in [-0.25, -0.2) is 9.97 Å². The Balaban J connectivity index is 1.28. The maximum absolute atomic E-state index is 8.98. The number of aromatic nitrogens is 4. The van der Waals surface area contributed by atoms with Crippen molar-refractivity contribution in [3.05, 3.63) is 132 Å². The number of thioether (sulfide) groups is 1. The molecule has 6 aromatic rings. The predicted molar refractivity (Wildman–Crippen MR) is 184 cm³/mol. The molecule has 3 aromatic heterocycles. The van der Waals surface area contributed by atoms with Gasteiger partial charge in [-0.2, -0.15) is 0 Å². The molecule has 0 saturated heterocycles. The molecule has 0 atom stereocenters. The van der Waals surface area contributed by atoms with Gasteiger partial charge >= 0.3 is 0 Å². The lowest BCUT2D eigenvalue weighted by Gasteiger charge is -2.21. The van der Waals surface area contributed by atoms with Crippen molar-refractivity contribution in [3.8, 4) is 43.8 Å². The summed E-state index contributed by atoms with van der Waals surface area (Å²) in [4.78, 5) is 9.55. The normalized spacial score (nSPS) is 11.3. The lowest BCUT2D eigenvalue weighted by Crippen LogP contribution is -2.13. The zero-order valence-electron chi connectivity index (χ0n) is 24.6. The smallest absolute Gasteiger partial charge is 0.166 e. The Bertz CT molecular complexity index is 1960. The molecule has 0 spiro atoms. The van der Waals surface area contributed by atoms with Gasteiger partial charge in [0.25, 0.3) is 0 Å². The van der Waals surface area contributed by atoms with E-state index in [1.807, 2.05) is 109 Å². The lowest BCUT2D eigenvalue weighted by atomic mass is 9.85. The maximum atomic E-state index is 8.98. The fraction of sp³-hybridized carbons (Fsp3) is 0.111. The first-order valence-corrected chi connectivity index (χ1v) is 15.8. The van der Waals surface area contributed by atoms with E-state index < -0.39 is 0 Å². The van der Waals surface area contributed by atoms with Crippen LogP contribution < -0.4 is 0 Å². The van der Waals surface area contributed by atoms with Crippen LogP contribution in [0.2, 0.25) is 0 Å². The van der Waals surface area contributed by atoms with Gasteiger partial charge in [-0.15, -0.1) is 10.2 Å². The fourth-order valence-electron chi connectivity index (χ4n) is 4.63. The summed E-state index contributed by atoms with van der Waals surface area (Å²) in [6.07, 6.45) is 0. The first-order chi connectivity index (χ1) is 21.2. The van der Waals surface area contributed by atoms with E-state index in [4.69, 9.17) is 20.8 Å².